The molecule has 2 aromatic carbocycles. The van der Waals surface area contributed by atoms with E-state index in [0.29, 0.717) is 15.8 Å². The van der Waals surface area contributed by atoms with Gasteiger partial charge in [0.05, 0.1) is 15.6 Å². The lowest BCUT2D eigenvalue weighted by Gasteiger charge is -2.11. The Morgan fingerprint density at radius 3 is 2.55 bits per heavy atom. The van der Waals surface area contributed by atoms with Crippen LogP contribution in [0.15, 0.2) is 41.6 Å². The van der Waals surface area contributed by atoms with Crippen LogP contribution in [0, 0.1) is 5.82 Å². The van der Waals surface area contributed by atoms with E-state index in [1.165, 1.54) is 18.2 Å². The van der Waals surface area contributed by atoms with Crippen LogP contribution in [0.25, 0.3) is 0 Å². The van der Waals surface area contributed by atoms with Crippen LogP contribution in [0.3, 0.4) is 0 Å². The maximum Gasteiger partial charge on any atom is 0.173 e. The Kier molecular flexibility index (Phi) is 4.32. The molecule has 20 heavy (non-hydrogen) atoms. The molecule has 0 atom stereocenters. The van der Waals surface area contributed by atoms with Gasteiger partial charge in [-0.15, -0.1) is 0 Å². The van der Waals surface area contributed by atoms with Crippen molar-refractivity contribution in [2.24, 2.45) is 10.9 Å². The van der Waals surface area contributed by atoms with Gasteiger partial charge in [-0.3, -0.25) is 0 Å². The smallest absolute Gasteiger partial charge is 0.173 e. The van der Waals surface area contributed by atoms with Crippen molar-refractivity contribution in [3.63, 3.8) is 0 Å². The van der Waals surface area contributed by atoms with Crippen LogP contribution in [-0.4, -0.2) is 11.0 Å². The Morgan fingerprint density at radius 1 is 1.15 bits per heavy atom. The molecule has 0 heterocycles. The molecule has 4 nitrogen and oxygen atoms in total. The van der Waals surface area contributed by atoms with E-state index >= 15 is 0 Å². The van der Waals surface area contributed by atoms with E-state index in [1.807, 2.05) is 0 Å². The molecule has 0 aromatic heterocycles. The number of oxime groups is 1. The fourth-order valence-corrected chi connectivity index (χ4v) is 1.80. The van der Waals surface area contributed by atoms with E-state index in [-0.39, 0.29) is 17.1 Å². The summed E-state index contributed by atoms with van der Waals surface area (Å²) in [6, 6.07) is 8.32. The predicted molar refractivity (Wildman–Crippen MR) is 75.4 cm³/mol. The quantitative estimate of drug-likeness (QED) is 0.389. The number of ether oxygens (including phenoxy) is 1. The van der Waals surface area contributed by atoms with Crippen LogP contribution < -0.4 is 10.5 Å². The van der Waals surface area contributed by atoms with Crippen LogP contribution in [0.1, 0.15) is 5.56 Å². The lowest BCUT2D eigenvalue weighted by molar-refractivity contribution is 0.318. The predicted octanol–water partition coefficient (Wildman–Crippen LogP) is 4.02. The molecular weight excluding hydrogens is 306 g/mol. The molecule has 0 saturated heterocycles. The fraction of sp³-hybridized carbons (Fsp3) is 0. The van der Waals surface area contributed by atoms with Gasteiger partial charge in [0.25, 0.3) is 0 Å². The summed E-state index contributed by atoms with van der Waals surface area (Å²) in [7, 11) is 0. The first-order chi connectivity index (χ1) is 9.51. The van der Waals surface area contributed by atoms with Gasteiger partial charge in [-0.1, -0.05) is 28.4 Å². The van der Waals surface area contributed by atoms with E-state index in [2.05, 4.69) is 5.16 Å². The van der Waals surface area contributed by atoms with Crippen molar-refractivity contribution < 1.29 is 14.3 Å². The molecule has 3 N–H and O–H groups in total. The minimum absolute atomic E-state index is 0.124. The Hall–Kier alpha value is -1.98. The van der Waals surface area contributed by atoms with Crippen molar-refractivity contribution in [2.75, 3.05) is 0 Å². The molecule has 0 fully saturated rings. The van der Waals surface area contributed by atoms with Crippen molar-refractivity contribution in [2.45, 2.75) is 0 Å². The summed E-state index contributed by atoms with van der Waals surface area (Å²) < 4.78 is 18.8. The van der Waals surface area contributed by atoms with Crippen LogP contribution >= 0.6 is 23.2 Å². The van der Waals surface area contributed by atoms with Gasteiger partial charge in [0.1, 0.15) is 17.3 Å². The third-order valence-corrected chi connectivity index (χ3v) is 3.18. The first-order valence-corrected chi connectivity index (χ1v) is 6.17. The third kappa shape index (κ3) is 3.12. The van der Waals surface area contributed by atoms with Crippen molar-refractivity contribution in [1.82, 2.24) is 0 Å². The largest absolute Gasteiger partial charge is 0.457 e. The van der Waals surface area contributed by atoms with Gasteiger partial charge in [0.2, 0.25) is 0 Å². The molecule has 7 heteroatoms. The summed E-state index contributed by atoms with van der Waals surface area (Å²) in [6.07, 6.45) is 0. The Bertz CT molecular complexity index is 677. The molecule has 0 spiro atoms. The summed E-state index contributed by atoms with van der Waals surface area (Å²) >= 11 is 11.7. The topological polar surface area (TPSA) is 67.8 Å². The van der Waals surface area contributed by atoms with Gasteiger partial charge in [-0.2, -0.15) is 0 Å². The first kappa shape index (κ1) is 14.4. The number of rotatable bonds is 3. The zero-order chi connectivity index (χ0) is 14.7. The number of benzene rings is 2. The number of hydrogen-bond donors (Lipinski definition) is 2. The highest BCUT2D eigenvalue weighted by Gasteiger charge is 2.11. The monoisotopic (exact) mass is 314 g/mol. The zero-order valence-electron chi connectivity index (χ0n) is 9.98. The minimum atomic E-state index is -0.534. The molecule has 0 amide bonds. The molecular formula is C13H9Cl2FN2O2. The number of nitrogens with two attached hydrogens (primary N) is 1. The molecule has 104 valence electrons. The molecule has 0 unspecified atom stereocenters. The molecule has 0 radical (unpaired) electrons. The molecule has 0 aliphatic carbocycles. The molecule has 0 aliphatic heterocycles. The average molecular weight is 315 g/mol. The summed E-state index contributed by atoms with van der Waals surface area (Å²) in [5, 5.41) is 12.2. The number of hydrogen-bond acceptors (Lipinski definition) is 3. The lowest BCUT2D eigenvalue weighted by atomic mass is 10.2. The van der Waals surface area contributed by atoms with E-state index in [4.69, 9.17) is 38.9 Å². The average Bonchev–Trinajstić information content (AvgIpc) is 2.44. The molecule has 0 aliphatic rings. The second kappa shape index (κ2) is 5.98. The highest BCUT2D eigenvalue weighted by Crippen LogP contribution is 2.31. The van der Waals surface area contributed by atoms with Crippen LogP contribution in [0.5, 0.6) is 11.5 Å². The second-order valence-corrected chi connectivity index (χ2v) is 4.62. The van der Waals surface area contributed by atoms with Gasteiger partial charge in [0, 0.05) is 6.07 Å². The maximum absolute atomic E-state index is 13.2. The van der Waals surface area contributed by atoms with E-state index < -0.39 is 5.82 Å². The summed E-state index contributed by atoms with van der Waals surface area (Å²) in [6.45, 7) is 0. The molecule has 2 aromatic rings. The Balaban J connectivity index is 2.40. The fourth-order valence-electron chi connectivity index (χ4n) is 1.51. The van der Waals surface area contributed by atoms with Gasteiger partial charge in [0.15, 0.2) is 5.84 Å². The van der Waals surface area contributed by atoms with Crippen molar-refractivity contribution in [3.8, 4) is 11.5 Å². The normalized spacial score (nSPS) is 11.4. The number of halogens is 3. The second-order valence-electron chi connectivity index (χ2n) is 3.80. The van der Waals surface area contributed by atoms with Crippen LogP contribution in [-0.2, 0) is 0 Å². The number of amidine groups is 1. The highest BCUT2D eigenvalue weighted by molar-refractivity contribution is 6.42. The van der Waals surface area contributed by atoms with Crippen molar-refractivity contribution in [1.29, 1.82) is 0 Å². The van der Waals surface area contributed by atoms with Crippen molar-refractivity contribution >= 4 is 29.0 Å². The maximum atomic E-state index is 13.2. The molecule has 0 saturated carbocycles. The summed E-state index contributed by atoms with van der Waals surface area (Å²) in [5.74, 6) is -0.189. The van der Waals surface area contributed by atoms with E-state index in [0.717, 1.165) is 6.07 Å². The third-order valence-electron chi connectivity index (χ3n) is 2.44. The highest BCUT2D eigenvalue weighted by atomic mass is 35.5. The zero-order valence-corrected chi connectivity index (χ0v) is 11.5. The Labute approximate surface area is 124 Å². The number of nitrogens with zero attached hydrogens (tertiary/aromatic N) is 1. The van der Waals surface area contributed by atoms with Gasteiger partial charge < -0.3 is 15.7 Å². The lowest BCUT2D eigenvalue weighted by Crippen LogP contribution is -2.14. The molecule has 2 rings (SSSR count). The Morgan fingerprint density at radius 2 is 1.90 bits per heavy atom. The minimum Gasteiger partial charge on any atom is -0.457 e. The molecule has 0 bridgehead atoms. The van der Waals surface area contributed by atoms with E-state index in [1.54, 1.807) is 12.1 Å². The summed E-state index contributed by atoms with van der Waals surface area (Å²) in [5.41, 5.74) is 5.60. The van der Waals surface area contributed by atoms with E-state index in [9.17, 15) is 4.39 Å². The van der Waals surface area contributed by atoms with Crippen LogP contribution in [0.4, 0.5) is 4.39 Å². The first-order valence-electron chi connectivity index (χ1n) is 5.41. The standard InChI is InChI=1S/C13H9Cl2FN2O2/c14-10-3-2-8(6-11(10)15)20-12-4-1-7(16)5-9(12)13(17)18-19/h1-6,19H,(H2,17,18). The SMILES string of the molecule is NC(=NO)c1cc(F)ccc1Oc1ccc(Cl)c(Cl)c1. The van der Waals surface area contributed by atoms with Crippen molar-refractivity contribution in [3.05, 3.63) is 57.8 Å². The van der Waals surface area contributed by atoms with Gasteiger partial charge in [-0.25, -0.2) is 4.39 Å². The van der Waals surface area contributed by atoms with Gasteiger partial charge >= 0.3 is 0 Å². The van der Waals surface area contributed by atoms with Crippen LogP contribution in [0.2, 0.25) is 10.0 Å². The van der Waals surface area contributed by atoms with Gasteiger partial charge in [-0.05, 0) is 30.3 Å². The summed E-state index contributed by atoms with van der Waals surface area (Å²) in [4.78, 5) is 0.